The fourth-order valence-electron chi connectivity index (χ4n) is 2.42. The van der Waals surface area contributed by atoms with Crippen molar-refractivity contribution in [3.8, 4) is 0 Å². The summed E-state index contributed by atoms with van der Waals surface area (Å²) in [5, 5.41) is 5.79. The topological polar surface area (TPSA) is 53.1 Å². The summed E-state index contributed by atoms with van der Waals surface area (Å²) in [5.41, 5.74) is 9.70. The molecule has 1 heterocycles. The van der Waals surface area contributed by atoms with Gasteiger partial charge in [0.15, 0.2) is 0 Å². The molecule has 0 aliphatic rings. The van der Waals surface area contributed by atoms with Crippen molar-refractivity contribution >= 4 is 16.6 Å². The summed E-state index contributed by atoms with van der Waals surface area (Å²) in [6, 6.07) is 16.0. The van der Waals surface area contributed by atoms with Gasteiger partial charge in [-0.2, -0.15) is 5.10 Å². The lowest BCUT2D eigenvalue weighted by atomic mass is 10.2. The van der Waals surface area contributed by atoms with E-state index >= 15 is 0 Å². The van der Waals surface area contributed by atoms with Crippen molar-refractivity contribution in [2.24, 2.45) is 0 Å². The highest BCUT2D eigenvalue weighted by atomic mass is 16.5. The molecule has 3 aromatic rings. The molecule has 2 N–H and O–H groups in total. The lowest BCUT2D eigenvalue weighted by Gasteiger charge is -2.03. The van der Waals surface area contributed by atoms with Gasteiger partial charge < -0.3 is 10.5 Å². The van der Waals surface area contributed by atoms with Gasteiger partial charge in [-0.25, -0.2) is 0 Å². The first kappa shape index (κ1) is 13.6. The molecule has 0 saturated carbocycles. The highest BCUT2D eigenvalue weighted by molar-refractivity contribution is 5.81. The zero-order chi connectivity index (χ0) is 14.7. The summed E-state index contributed by atoms with van der Waals surface area (Å²) in [5.74, 6) is 0. The largest absolute Gasteiger partial charge is 0.399 e. The van der Waals surface area contributed by atoms with Crippen LogP contribution in [0.4, 0.5) is 5.69 Å². The molecular formula is C17H19N3O. The molecule has 0 saturated heterocycles. The molecule has 0 bridgehead atoms. The van der Waals surface area contributed by atoms with Crippen molar-refractivity contribution in [1.82, 2.24) is 9.78 Å². The molecule has 0 spiro atoms. The minimum atomic E-state index is 0.512. The third kappa shape index (κ3) is 2.90. The molecule has 0 aliphatic carbocycles. The summed E-state index contributed by atoms with van der Waals surface area (Å²) in [6.07, 6.45) is 0. The second kappa shape index (κ2) is 5.97. The van der Waals surface area contributed by atoms with E-state index in [2.05, 4.69) is 24.2 Å². The van der Waals surface area contributed by atoms with Crippen molar-refractivity contribution in [3.05, 3.63) is 59.8 Å². The Bertz CT molecular complexity index is 731. The number of nitrogen functional groups attached to an aromatic ring is 1. The minimum absolute atomic E-state index is 0.512. The van der Waals surface area contributed by atoms with Crippen LogP contribution in [0.3, 0.4) is 0 Å². The van der Waals surface area contributed by atoms with Crippen LogP contribution in [-0.2, 0) is 24.5 Å². The maximum absolute atomic E-state index is 5.79. The van der Waals surface area contributed by atoms with Gasteiger partial charge >= 0.3 is 0 Å². The highest BCUT2D eigenvalue weighted by Crippen LogP contribution is 2.19. The molecule has 0 aliphatic heterocycles. The van der Waals surface area contributed by atoms with Gasteiger partial charge in [-0.1, -0.05) is 30.3 Å². The Morgan fingerprint density at radius 3 is 2.57 bits per heavy atom. The van der Waals surface area contributed by atoms with Crippen LogP contribution in [0.15, 0.2) is 48.5 Å². The maximum Gasteiger partial charge on any atom is 0.0960 e. The third-order valence-corrected chi connectivity index (χ3v) is 3.52. The Balaban J connectivity index is 1.72. The van der Waals surface area contributed by atoms with Gasteiger partial charge in [-0.15, -0.1) is 0 Å². The Labute approximate surface area is 124 Å². The van der Waals surface area contributed by atoms with Gasteiger partial charge in [0.05, 0.1) is 24.4 Å². The van der Waals surface area contributed by atoms with Crippen LogP contribution in [0.1, 0.15) is 18.2 Å². The summed E-state index contributed by atoms with van der Waals surface area (Å²) in [6.45, 7) is 4.03. The Kier molecular flexibility index (Phi) is 3.88. The van der Waals surface area contributed by atoms with Crippen LogP contribution in [0.25, 0.3) is 10.9 Å². The average Bonchev–Trinajstić information content (AvgIpc) is 2.88. The van der Waals surface area contributed by atoms with Crippen LogP contribution < -0.4 is 5.73 Å². The van der Waals surface area contributed by atoms with Crippen molar-refractivity contribution in [2.45, 2.75) is 26.7 Å². The van der Waals surface area contributed by atoms with Gasteiger partial charge in [0, 0.05) is 17.6 Å². The van der Waals surface area contributed by atoms with Crippen LogP contribution in [0.2, 0.25) is 0 Å². The van der Waals surface area contributed by atoms with E-state index in [1.54, 1.807) is 0 Å². The first-order valence-electron chi connectivity index (χ1n) is 7.14. The third-order valence-electron chi connectivity index (χ3n) is 3.52. The van der Waals surface area contributed by atoms with E-state index in [1.165, 1.54) is 0 Å². The number of para-hydroxylation sites is 1. The van der Waals surface area contributed by atoms with Crippen molar-refractivity contribution in [1.29, 1.82) is 0 Å². The number of nitrogens with two attached hydrogens (primary N) is 1. The van der Waals surface area contributed by atoms with E-state index < -0.39 is 0 Å². The lowest BCUT2D eigenvalue weighted by Crippen LogP contribution is -1.99. The average molecular weight is 281 g/mol. The van der Waals surface area contributed by atoms with Crippen LogP contribution in [0.5, 0.6) is 0 Å². The van der Waals surface area contributed by atoms with Crippen molar-refractivity contribution in [3.63, 3.8) is 0 Å². The van der Waals surface area contributed by atoms with Crippen molar-refractivity contribution < 1.29 is 4.74 Å². The highest BCUT2D eigenvalue weighted by Gasteiger charge is 2.08. The quantitative estimate of drug-likeness (QED) is 0.730. The van der Waals surface area contributed by atoms with Gasteiger partial charge in [0.2, 0.25) is 0 Å². The summed E-state index contributed by atoms with van der Waals surface area (Å²) in [7, 11) is 0. The van der Waals surface area contributed by atoms with E-state index in [0.717, 1.165) is 34.4 Å². The number of aryl methyl sites for hydroxylation is 1. The number of benzene rings is 2. The van der Waals surface area contributed by atoms with Gasteiger partial charge in [-0.05, 0) is 30.7 Å². The second-order valence-electron chi connectivity index (χ2n) is 5.01. The predicted octanol–water partition coefficient (Wildman–Crippen LogP) is 3.36. The van der Waals surface area contributed by atoms with Gasteiger partial charge in [0.1, 0.15) is 0 Å². The van der Waals surface area contributed by atoms with Crippen LogP contribution in [-0.4, -0.2) is 9.78 Å². The van der Waals surface area contributed by atoms with E-state index in [1.807, 2.05) is 41.1 Å². The first-order chi connectivity index (χ1) is 10.3. The van der Waals surface area contributed by atoms with Gasteiger partial charge in [-0.3, -0.25) is 4.68 Å². The fraction of sp³-hybridized carbons (Fsp3) is 0.235. The molecule has 0 radical (unpaired) electrons. The first-order valence-corrected chi connectivity index (χ1v) is 7.14. The summed E-state index contributed by atoms with van der Waals surface area (Å²) >= 11 is 0. The molecule has 4 nitrogen and oxygen atoms in total. The maximum atomic E-state index is 5.79. The number of rotatable bonds is 5. The molecule has 0 atom stereocenters. The Hall–Kier alpha value is -2.33. The molecule has 0 fully saturated rings. The summed E-state index contributed by atoms with van der Waals surface area (Å²) in [4.78, 5) is 0. The predicted molar refractivity (Wildman–Crippen MR) is 84.8 cm³/mol. The molecule has 21 heavy (non-hydrogen) atoms. The Morgan fingerprint density at radius 1 is 1.05 bits per heavy atom. The minimum Gasteiger partial charge on any atom is -0.399 e. The number of aromatic nitrogens is 2. The second-order valence-corrected chi connectivity index (χ2v) is 5.01. The number of nitrogens with zero attached hydrogens (tertiary/aromatic N) is 2. The SMILES string of the molecule is CCn1nc(COCc2ccc(N)cc2)c2ccccc21. The lowest BCUT2D eigenvalue weighted by molar-refractivity contribution is 0.105. The van der Waals surface area contributed by atoms with Crippen LogP contribution >= 0.6 is 0 Å². The van der Waals surface area contributed by atoms with E-state index in [-0.39, 0.29) is 0 Å². The normalized spacial score (nSPS) is 11.1. The smallest absolute Gasteiger partial charge is 0.0960 e. The van der Waals surface area contributed by atoms with E-state index in [9.17, 15) is 0 Å². The number of hydrogen-bond acceptors (Lipinski definition) is 3. The number of anilines is 1. The number of hydrogen-bond donors (Lipinski definition) is 1. The number of fused-ring (bicyclic) bond motifs is 1. The molecule has 108 valence electrons. The molecular weight excluding hydrogens is 262 g/mol. The molecule has 4 heteroatoms. The van der Waals surface area contributed by atoms with Crippen LogP contribution in [0, 0.1) is 0 Å². The zero-order valence-corrected chi connectivity index (χ0v) is 12.1. The zero-order valence-electron chi connectivity index (χ0n) is 12.1. The number of ether oxygens (including phenoxy) is 1. The van der Waals surface area contributed by atoms with E-state index in [0.29, 0.717) is 13.2 Å². The molecule has 0 unspecified atom stereocenters. The molecule has 0 amide bonds. The molecule has 1 aromatic heterocycles. The standard InChI is InChI=1S/C17H19N3O/c1-2-20-17-6-4-3-5-15(17)16(19-20)12-21-11-13-7-9-14(18)10-8-13/h3-10H,2,11-12,18H2,1H3. The monoisotopic (exact) mass is 281 g/mol. The van der Waals surface area contributed by atoms with Crippen molar-refractivity contribution in [2.75, 3.05) is 5.73 Å². The Morgan fingerprint density at radius 2 is 1.81 bits per heavy atom. The fourth-order valence-corrected chi connectivity index (χ4v) is 2.42. The molecule has 3 rings (SSSR count). The van der Waals surface area contributed by atoms with Gasteiger partial charge in [0.25, 0.3) is 0 Å². The van der Waals surface area contributed by atoms with E-state index in [4.69, 9.17) is 10.5 Å². The molecule has 2 aromatic carbocycles. The summed E-state index contributed by atoms with van der Waals surface area (Å²) < 4.78 is 7.81.